The zero-order valence-electron chi connectivity index (χ0n) is 16.8. The van der Waals surface area contributed by atoms with Gasteiger partial charge in [-0.05, 0) is 32.4 Å². The number of hydrogen-bond donors (Lipinski definition) is 2. The van der Waals surface area contributed by atoms with Gasteiger partial charge in [0.1, 0.15) is 17.9 Å². The molecule has 0 saturated heterocycles. The molecule has 1 unspecified atom stereocenters. The van der Waals surface area contributed by atoms with E-state index in [9.17, 15) is 0 Å². The topological polar surface area (TPSA) is 93.2 Å². The third-order valence-corrected chi connectivity index (χ3v) is 4.82. The van der Waals surface area contributed by atoms with Crippen LogP contribution in [-0.2, 0) is 19.5 Å². The second kappa shape index (κ2) is 9.38. The van der Waals surface area contributed by atoms with Gasteiger partial charge in [0, 0.05) is 25.1 Å². The van der Waals surface area contributed by atoms with Crippen molar-refractivity contribution in [3.05, 3.63) is 53.4 Å². The van der Waals surface area contributed by atoms with E-state index in [0.717, 1.165) is 48.3 Å². The second-order valence-electron chi connectivity index (χ2n) is 7.07. The molecule has 1 atom stereocenters. The zero-order valence-corrected chi connectivity index (χ0v) is 19.2. The number of nitrogens with one attached hydrogen (secondary N) is 2. The predicted molar refractivity (Wildman–Crippen MR) is 122 cm³/mol. The molecule has 0 aliphatic carbocycles. The van der Waals surface area contributed by atoms with Crippen LogP contribution < -0.4 is 10.6 Å². The van der Waals surface area contributed by atoms with Crippen LogP contribution in [0.15, 0.2) is 39.9 Å². The molecule has 0 amide bonds. The van der Waals surface area contributed by atoms with E-state index < -0.39 is 0 Å². The van der Waals surface area contributed by atoms with E-state index in [1.165, 1.54) is 5.56 Å². The lowest BCUT2D eigenvalue weighted by atomic mass is 10.1. The number of hydrogen-bond acceptors (Lipinski definition) is 5. The summed E-state index contributed by atoms with van der Waals surface area (Å²) < 4.78 is 7.60. The maximum atomic E-state index is 5.62. The van der Waals surface area contributed by atoms with Crippen molar-refractivity contribution in [2.45, 2.75) is 45.8 Å². The molecule has 29 heavy (non-hydrogen) atoms. The smallest absolute Gasteiger partial charge is 0.226 e. The Kier molecular flexibility index (Phi) is 6.88. The maximum Gasteiger partial charge on any atom is 0.226 e. The first kappa shape index (κ1) is 21.3. The lowest BCUT2D eigenvalue weighted by Gasteiger charge is -2.25. The van der Waals surface area contributed by atoms with Gasteiger partial charge in [-0.2, -0.15) is 5.10 Å². The summed E-state index contributed by atoms with van der Waals surface area (Å²) in [7, 11) is 1.77. The highest BCUT2D eigenvalue weighted by molar-refractivity contribution is 14.0. The minimum Gasteiger partial charge on any atom is -0.444 e. The molecule has 3 heterocycles. The SMILES string of the molecule is CN=C(NCc1coc(-c2ccc(C)cc2)n1)NC1CCc2nc(C)nn2C1.I. The zero-order chi connectivity index (χ0) is 19.5. The summed E-state index contributed by atoms with van der Waals surface area (Å²) in [5.74, 6) is 3.25. The number of aliphatic imine (C=N–C) groups is 1. The molecule has 0 fully saturated rings. The van der Waals surface area contributed by atoms with Crippen LogP contribution in [0.3, 0.4) is 0 Å². The standard InChI is InChI=1S/C20H25N7O.HI/c1-13-4-6-15(7-5-13)19-24-17(12-28-19)10-22-20(21-3)25-16-8-9-18-23-14(2)26-27(18)11-16;/h4-7,12,16H,8-11H2,1-3H3,(H2,21,22,25);1H. The van der Waals surface area contributed by atoms with E-state index in [-0.39, 0.29) is 30.0 Å². The minimum atomic E-state index is 0. The quantitative estimate of drug-likeness (QED) is 0.321. The first-order chi connectivity index (χ1) is 13.6. The Balaban J connectivity index is 0.00000240. The minimum absolute atomic E-state index is 0. The van der Waals surface area contributed by atoms with Crippen LogP contribution in [0.2, 0.25) is 0 Å². The number of rotatable bonds is 4. The molecule has 4 rings (SSSR count). The number of fused-ring (bicyclic) bond motifs is 1. The molecule has 0 saturated carbocycles. The molecule has 1 aromatic carbocycles. The molecule has 1 aliphatic rings. The van der Waals surface area contributed by atoms with Gasteiger partial charge in [0.2, 0.25) is 5.89 Å². The van der Waals surface area contributed by atoms with Crippen molar-refractivity contribution >= 4 is 29.9 Å². The van der Waals surface area contributed by atoms with Gasteiger partial charge in [-0.15, -0.1) is 24.0 Å². The Morgan fingerprint density at radius 1 is 1.24 bits per heavy atom. The number of benzene rings is 1. The number of guanidine groups is 1. The monoisotopic (exact) mass is 507 g/mol. The van der Waals surface area contributed by atoms with Crippen LogP contribution in [0, 0.1) is 13.8 Å². The van der Waals surface area contributed by atoms with Crippen LogP contribution in [0.25, 0.3) is 11.5 Å². The fourth-order valence-electron chi connectivity index (χ4n) is 3.33. The molecule has 3 aromatic rings. The van der Waals surface area contributed by atoms with Crippen LogP contribution >= 0.6 is 24.0 Å². The molecule has 154 valence electrons. The maximum absolute atomic E-state index is 5.62. The lowest BCUT2D eigenvalue weighted by molar-refractivity contribution is 0.392. The largest absolute Gasteiger partial charge is 0.444 e. The van der Waals surface area contributed by atoms with Crippen LogP contribution in [0.5, 0.6) is 0 Å². The van der Waals surface area contributed by atoms with Crippen molar-refractivity contribution in [1.82, 2.24) is 30.4 Å². The molecule has 0 spiro atoms. The molecule has 2 aromatic heterocycles. The van der Waals surface area contributed by atoms with Crippen molar-refractivity contribution in [2.24, 2.45) is 4.99 Å². The summed E-state index contributed by atoms with van der Waals surface area (Å²) >= 11 is 0. The Morgan fingerprint density at radius 2 is 2.03 bits per heavy atom. The molecular formula is C20H26IN7O. The van der Waals surface area contributed by atoms with E-state index in [0.29, 0.717) is 12.4 Å². The highest BCUT2D eigenvalue weighted by atomic mass is 127. The number of aromatic nitrogens is 4. The third kappa shape index (κ3) is 5.14. The van der Waals surface area contributed by atoms with Gasteiger partial charge < -0.3 is 15.1 Å². The predicted octanol–water partition coefficient (Wildman–Crippen LogP) is 2.85. The fraction of sp³-hybridized carbons (Fsp3) is 0.400. The highest BCUT2D eigenvalue weighted by Crippen LogP contribution is 2.19. The van der Waals surface area contributed by atoms with Crippen molar-refractivity contribution < 1.29 is 4.42 Å². The molecule has 0 bridgehead atoms. The summed E-state index contributed by atoms with van der Waals surface area (Å²) in [6.45, 7) is 5.31. The van der Waals surface area contributed by atoms with E-state index in [1.807, 2.05) is 23.7 Å². The molecule has 9 heteroatoms. The molecular weight excluding hydrogens is 481 g/mol. The Bertz CT molecular complexity index is 977. The molecule has 0 radical (unpaired) electrons. The first-order valence-electron chi connectivity index (χ1n) is 9.49. The summed E-state index contributed by atoms with van der Waals surface area (Å²) in [5.41, 5.74) is 3.01. The van der Waals surface area contributed by atoms with Crippen molar-refractivity contribution in [1.29, 1.82) is 0 Å². The van der Waals surface area contributed by atoms with Gasteiger partial charge in [0.15, 0.2) is 5.96 Å². The number of oxazole rings is 1. The molecule has 2 N–H and O–H groups in total. The third-order valence-electron chi connectivity index (χ3n) is 4.82. The van der Waals surface area contributed by atoms with Gasteiger partial charge in [-0.25, -0.2) is 14.6 Å². The van der Waals surface area contributed by atoms with Crippen LogP contribution in [-0.4, -0.2) is 38.8 Å². The summed E-state index contributed by atoms with van der Waals surface area (Å²) in [4.78, 5) is 13.3. The second-order valence-corrected chi connectivity index (χ2v) is 7.07. The fourth-order valence-corrected chi connectivity index (χ4v) is 3.33. The van der Waals surface area contributed by atoms with Gasteiger partial charge >= 0.3 is 0 Å². The van der Waals surface area contributed by atoms with E-state index in [1.54, 1.807) is 13.3 Å². The number of aryl methyl sites for hydroxylation is 3. The van der Waals surface area contributed by atoms with Crippen molar-refractivity contribution in [3.8, 4) is 11.5 Å². The van der Waals surface area contributed by atoms with Crippen molar-refractivity contribution in [3.63, 3.8) is 0 Å². The summed E-state index contributed by atoms with van der Waals surface area (Å²) in [6, 6.07) is 8.40. The van der Waals surface area contributed by atoms with E-state index >= 15 is 0 Å². The van der Waals surface area contributed by atoms with Gasteiger partial charge in [0.05, 0.1) is 18.8 Å². The number of nitrogens with zero attached hydrogens (tertiary/aromatic N) is 5. The lowest BCUT2D eigenvalue weighted by Crippen LogP contribution is -2.46. The number of halogens is 1. The first-order valence-corrected chi connectivity index (χ1v) is 9.49. The molecule has 8 nitrogen and oxygen atoms in total. The summed E-state index contributed by atoms with van der Waals surface area (Å²) in [6.07, 6.45) is 3.60. The Hall–Kier alpha value is -2.43. The summed E-state index contributed by atoms with van der Waals surface area (Å²) in [5, 5.41) is 11.2. The van der Waals surface area contributed by atoms with Gasteiger partial charge in [-0.1, -0.05) is 17.7 Å². The average molecular weight is 507 g/mol. The normalized spacial score (nSPS) is 16.1. The van der Waals surface area contributed by atoms with Gasteiger partial charge in [-0.3, -0.25) is 4.99 Å². The highest BCUT2D eigenvalue weighted by Gasteiger charge is 2.21. The van der Waals surface area contributed by atoms with Gasteiger partial charge in [0.25, 0.3) is 0 Å². The van der Waals surface area contributed by atoms with Crippen molar-refractivity contribution in [2.75, 3.05) is 7.05 Å². The average Bonchev–Trinajstić information content (AvgIpc) is 3.31. The van der Waals surface area contributed by atoms with E-state index in [4.69, 9.17) is 4.42 Å². The van der Waals surface area contributed by atoms with Crippen LogP contribution in [0.1, 0.15) is 29.3 Å². The Morgan fingerprint density at radius 3 is 2.79 bits per heavy atom. The van der Waals surface area contributed by atoms with E-state index in [2.05, 4.69) is 49.7 Å². The Labute approximate surface area is 187 Å². The van der Waals surface area contributed by atoms with Crippen LogP contribution in [0.4, 0.5) is 0 Å². The molecule has 1 aliphatic heterocycles.